The molecule has 1 saturated heterocycles. The Balaban J connectivity index is 1.36. The molecule has 0 spiro atoms. The number of methoxy groups -OCH3 is 1. The zero-order chi connectivity index (χ0) is 21.1. The summed E-state index contributed by atoms with van der Waals surface area (Å²) >= 11 is 0. The van der Waals surface area contributed by atoms with Gasteiger partial charge >= 0.3 is 0 Å². The van der Waals surface area contributed by atoms with Crippen LogP contribution in [0.1, 0.15) is 22.1 Å². The summed E-state index contributed by atoms with van der Waals surface area (Å²) < 4.78 is 33.5. The molecule has 0 atom stereocenters. The average molecular weight is 427 g/mol. The highest BCUT2D eigenvalue weighted by molar-refractivity contribution is 7.89. The van der Waals surface area contributed by atoms with Gasteiger partial charge in [0.1, 0.15) is 5.75 Å². The lowest BCUT2D eigenvalue weighted by Gasteiger charge is -2.37. The lowest BCUT2D eigenvalue weighted by Crippen LogP contribution is -2.50. The van der Waals surface area contributed by atoms with Crippen molar-refractivity contribution in [3.63, 3.8) is 0 Å². The molecular formula is C20H21N5O4S. The van der Waals surface area contributed by atoms with Crippen LogP contribution in [0.25, 0.3) is 0 Å². The van der Waals surface area contributed by atoms with Gasteiger partial charge in [0, 0.05) is 25.7 Å². The second-order valence-corrected chi connectivity index (χ2v) is 8.84. The summed E-state index contributed by atoms with van der Waals surface area (Å²) in [6.07, 6.45) is 1.54. The summed E-state index contributed by atoms with van der Waals surface area (Å²) in [7, 11) is -2.12. The predicted octanol–water partition coefficient (Wildman–Crippen LogP) is 1.46. The summed E-state index contributed by atoms with van der Waals surface area (Å²) in [5.74, 6) is 0.154. The largest absolute Gasteiger partial charge is 0.497 e. The summed E-state index contributed by atoms with van der Waals surface area (Å²) in [5, 5.41) is 10.7. The molecule has 2 heterocycles. The van der Waals surface area contributed by atoms with Crippen LogP contribution in [0.3, 0.4) is 0 Å². The first-order valence-electron chi connectivity index (χ1n) is 9.35. The maximum absolute atomic E-state index is 12.8. The van der Waals surface area contributed by atoms with E-state index in [4.69, 9.17) is 4.74 Å². The lowest BCUT2D eigenvalue weighted by molar-refractivity contribution is 0.0945. The van der Waals surface area contributed by atoms with Gasteiger partial charge < -0.3 is 10.1 Å². The molecule has 0 saturated carbocycles. The molecular weight excluding hydrogens is 406 g/mol. The van der Waals surface area contributed by atoms with Crippen molar-refractivity contribution in [1.29, 1.82) is 0 Å². The zero-order valence-electron chi connectivity index (χ0n) is 16.3. The van der Waals surface area contributed by atoms with Crippen molar-refractivity contribution in [3.8, 4) is 5.75 Å². The number of ether oxygens (including phenoxy) is 1. The van der Waals surface area contributed by atoms with E-state index in [1.54, 1.807) is 18.3 Å². The van der Waals surface area contributed by atoms with Crippen molar-refractivity contribution in [2.45, 2.75) is 17.5 Å². The molecule has 1 fully saturated rings. The fourth-order valence-corrected chi connectivity index (χ4v) is 4.67. The molecule has 1 amide bonds. The van der Waals surface area contributed by atoms with Gasteiger partial charge in [-0.15, -0.1) is 5.10 Å². The van der Waals surface area contributed by atoms with Crippen LogP contribution in [0, 0.1) is 0 Å². The fourth-order valence-electron chi connectivity index (χ4n) is 3.12. The molecule has 30 heavy (non-hydrogen) atoms. The first kappa shape index (κ1) is 20.0. The van der Waals surface area contributed by atoms with Gasteiger partial charge in [-0.2, -0.15) is 4.31 Å². The number of hydrogen-bond donors (Lipinski definition) is 1. The van der Waals surface area contributed by atoms with Crippen LogP contribution in [0.4, 0.5) is 0 Å². The minimum absolute atomic E-state index is 0.173. The van der Waals surface area contributed by atoms with Crippen molar-refractivity contribution >= 4 is 15.9 Å². The number of aromatic nitrogens is 3. The molecule has 4 rings (SSSR count). The molecule has 1 aliphatic heterocycles. The maximum Gasteiger partial charge on any atom is 0.273 e. The van der Waals surface area contributed by atoms with Crippen molar-refractivity contribution < 1.29 is 17.9 Å². The summed E-state index contributed by atoms with van der Waals surface area (Å²) in [4.78, 5) is 12.5. The number of carbonyl (C=O) groups excluding carboxylic acids is 1. The van der Waals surface area contributed by atoms with Gasteiger partial charge in [0.15, 0.2) is 5.69 Å². The van der Waals surface area contributed by atoms with Gasteiger partial charge in [-0.05, 0) is 17.7 Å². The topological polar surface area (TPSA) is 106 Å². The van der Waals surface area contributed by atoms with Gasteiger partial charge in [-0.3, -0.25) is 4.79 Å². The third kappa shape index (κ3) is 4.05. The van der Waals surface area contributed by atoms with Crippen LogP contribution in [-0.2, 0) is 16.6 Å². The fraction of sp³-hybridized carbons (Fsp3) is 0.250. The maximum atomic E-state index is 12.8. The Morgan fingerprint density at radius 1 is 1.17 bits per heavy atom. The number of nitrogens with one attached hydrogen (secondary N) is 1. The molecule has 10 heteroatoms. The zero-order valence-corrected chi connectivity index (χ0v) is 17.1. The van der Waals surface area contributed by atoms with E-state index in [1.165, 1.54) is 28.2 Å². The molecule has 1 aromatic heterocycles. The Kier molecular flexibility index (Phi) is 5.51. The van der Waals surface area contributed by atoms with Crippen molar-refractivity contribution in [2.75, 3.05) is 20.2 Å². The molecule has 9 nitrogen and oxygen atoms in total. The molecule has 1 aliphatic rings. The Hall–Kier alpha value is -3.24. The van der Waals surface area contributed by atoms with Gasteiger partial charge in [0.2, 0.25) is 10.0 Å². The minimum Gasteiger partial charge on any atom is -0.497 e. The summed E-state index contributed by atoms with van der Waals surface area (Å²) in [6, 6.07) is 15.7. The van der Waals surface area contributed by atoms with E-state index < -0.39 is 10.0 Å². The van der Waals surface area contributed by atoms with Crippen molar-refractivity contribution in [1.82, 2.24) is 24.6 Å². The molecule has 0 bridgehead atoms. The number of amides is 1. The Morgan fingerprint density at radius 3 is 2.67 bits per heavy atom. The van der Waals surface area contributed by atoms with Crippen LogP contribution in [0.2, 0.25) is 0 Å². The molecule has 0 aliphatic carbocycles. The summed E-state index contributed by atoms with van der Waals surface area (Å²) in [6.45, 7) is 0.907. The van der Waals surface area contributed by atoms with Crippen LogP contribution in [0.5, 0.6) is 5.75 Å². The van der Waals surface area contributed by atoms with Crippen LogP contribution < -0.4 is 10.1 Å². The number of benzene rings is 2. The van der Waals surface area contributed by atoms with Crippen LogP contribution in [-0.4, -0.2) is 53.8 Å². The van der Waals surface area contributed by atoms with E-state index in [2.05, 4.69) is 15.6 Å². The second kappa shape index (κ2) is 8.25. The highest BCUT2D eigenvalue weighted by Gasteiger charge is 2.38. The quantitative estimate of drug-likeness (QED) is 0.612. The second-order valence-electron chi connectivity index (χ2n) is 6.91. The average Bonchev–Trinajstić information content (AvgIpc) is 3.21. The Morgan fingerprint density at radius 2 is 1.93 bits per heavy atom. The normalized spacial score (nSPS) is 14.8. The van der Waals surface area contributed by atoms with Crippen molar-refractivity contribution in [2.24, 2.45) is 0 Å². The Labute approximate surface area is 174 Å². The standard InChI is InChI=1S/C20H21N5O4S/c1-29-17-8-5-9-18(10-17)30(27,28)24-12-16(13-24)25-14-19(22-23-25)20(26)21-11-15-6-3-2-4-7-15/h2-10,14,16H,11-13H2,1H3,(H,21,26). The van der Waals surface area contributed by atoms with E-state index in [9.17, 15) is 13.2 Å². The van der Waals surface area contributed by atoms with E-state index in [0.29, 0.717) is 12.3 Å². The third-order valence-corrected chi connectivity index (χ3v) is 6.75. The van der Waals surface area contributed by atoms with Crippen molar-refractivity contribution in [3.05, 3.63) is 72.1 Å². The van der Waals surface area contributed by atoms with E-state index in [1.807, 2.05) is 30.3 Å². The molecule has 156 valence electrons. The highest BCUT2D eigenvalue weighted by Crippen LogP contribution is 2.29. The van der Waals surface area contributed by atoms with Gasteiger partial charge in [-0.1, -0.05) is 41.6 Å². The third-order valence-electron chi connectivity index (χ3n) is 4.92. The number of carbonyl (C=O) groups is 1. The predicted molar refractivity (Wildman–Crippen MR) is 108 cm³/mol. The van der Waals surface area contributed by atoms with E-state index >= 15 is 0 Å². The monoisotopic (exact) mass is 427 g/mol. The highest BCUT2D eigenvalue weighted by atomic mass is 32.2. The van der Waals surface area contributed by atoms with Crippen LogP contribution in [0.15, 0.2) is 65.7 Å². The molecule has 1 N–H and O–H groups in total. The first-order valence-corrected chi connectivity index (χ1v) is 10.8. The molecule has 2 aromatic carbocycles. The summed E-state index contributed by atoms with van der Waals surface area (Å²) in [5.41, 5.74) is 1.18. The number of hydrogen-bond acceptors (Lipinski definition) is 6. The van der Waals surface area contributed by atoms with Crippen LogP contribution >= 0.6 is 0 Å². The van der Waals surface area contributed by atoms with Gasteiger partial charge in [-0.25, -0.2) is 13.1 Å². The molecule has 0 radical (unpaired) electrons. The number of sulfonamides is 1. The van der Waals surface area contributed by atoms with Gasteiger partial charge in [0.25, 0.3) is 5.91 Å². The number of nitrogens with zero attached hydrogens (tertiary/aromatic N) is 4. The SMILES string of the molecule is COc1cccc(S(=O)(=O)N2CC(n3cc(C(=O)NCc4ccccc4)nn3)C2)c1. The molecule has 3 aromatic rings. The molecule has 0 unspecified atom stereocenters. The minimum atomic E-state index is -3.61. The van der Waals surface area contributed by atoms with E-state index in [0.717, 1.165) is 5.56 Å². The van der Waals surface area contributed by atoms with E-state index in [-0.39, 0.29) is 35.6 Å². The Bertz CT molecular complexity index is 1140. The smallest absolute Gasteiger partial charge is 0.273 e. The van der Waals surface area contributed by atoms with Gasteiger partial charge in [0.05, 0.1) is 24.2 Å². The number of rotatable bonds is 7. The lowest BCUT2D eigenvalue weighted by atomic mass is 10.2. The first-order chi connectivity index (χ1) is 14.5.